The Balaban J connectivity index is 1.41. The Morgan fingerprint density at radius 3 is 2.41 bits per heavy atom. The molecule has 4 aromatic heterocycles. The van der Waals surface area contributed by atoms with E-state index in [1.165, 1.54) is 36.7 Å². The van der Waals surface area contributed by atoms with Gasteiger partial charge in [-0.1, -0.05) is 17.7 Å². The number of nitrogens with zero attached hydrogens (tertiary/aromatic N) is 4. The van der Waals surface area contributed by atoms with Crippen molar-refractivity contribution in [3.8, 4) is 22.8 Å². The second-order valence-electron chi connectivity index (χ2n) is 11.4. The normalized spacial score (nSPS) is 21.5. The molecular weight excluding hydrogens is 592 g/mol. The van der Waals surface area contributed by atoms with E-state index in [2.05, 4.69) is 20.3 Å². The van der Waals surface area contributed by atoms with E-state index in [1.807, 2.05) is 6.92 Å². The molecule has 0 aliphatic heterocycles. The first kappa shape index (κ1) is 28.1. The number of pyridine rings is 1. The van der Waals surface area contributed by atoms with Crippen molar-refractivity contribution in [2.24, 2.45) is 17.8 Å². The summed E-state index contributed by atoms with van der Waals surface area (Å²) in [6.45, 7) is 1.82. The van der Waals surface area contributed by atoms with Gasteiger partial charge in [0.1, 0.15) is 5.69 Å². The first-order valence-corrected chi connectivity index (χ1v) is 15.7. The van der Waals surface area contributed by atoms with Crippen molar-refractivity contribution in [2.45, 2.75) is 43.5 Å². The van der Waals surface area contributed by atoms with Gasteiger partial charge in [0, 0.05) is 23.2 Å². The molecule has 10 nitrogen and oxygen atoms in total. The van der Waals surface area contributed by atoms with Crippen LogP contribution in [0.5, 0.6) is 0 Å². The van der Waals surface area contributed by atoms with E-state index < -0.39 is 39.7 Å². The van der Waals surface area contributed by atoms with Crippen LogP contribution in [0.25, 0.3) is 33.9 Å². The number of halogens is 2. The van der Waals surface area contributed by atoms with Crippen molar-refractivity contribution in [1.29, 1.82) is 0 Å². The number of carboxylic acid groups (broad SMARTS) is 1. The van der Waals surface area contributed by atoms with Crippen LogP contribution in [0.3, 0.4) is 0 Å². The molecule has 1 aromatic carbocycles. The number of nitrogens with one attached hydrogen (secondary N) is 1. The average molecular weight is 620 g/mol. The molecule has 2 unspecified atom stereocenters. The SMILES string of the molecule is Cc1ccc(S(=O)(=O)n2cc(-c3nc(NC4C5CCC(CC5)C4C(=O)O)c(F)c(-c4ccco4)n3)c3ccc(F)nc32)cc1. The number of fused-ring (bicyclic) bond motifs is 4. The summed E-state index contributed by atoms with van der Waals surface area (Å²) in [5.74, 6) is -3.64. The number of anilines is 1. The molecule has 3 aliphatic carbocycles. The Labute approximate surface area is 250 Å². The van der Waals surface area contributed by atoms with Gasteiger partial charge in [-0.05, 0) is 80.8 Å². The van der Waals surface area contributed by atoms with Gasteiger partial charge in [0.15, 0.2) is 28.9 Å². The quantitative estimate of drug-likeness (QED) is 0.214. The van der Waals surface area contributed by atoms with Gasteiger partial charge in [0.25, 0.3) is 10.0 Å². The molecule has 0 saturated heterocycles. The van der Waals surface area contributed by atoms with Crippen LogP contribution in [0.2, 0.25) is 0 Å². The van der Waals surface area contributed by atoms with Crippen molar-refractivity contribution >= 4 is 32.8 Å². The summed E-state index contributed by atoms with van der Waals surface area (Å²) in [5, 5.41) is 13.4. The molecule has 2 N–H and O–H groups in total. The lowest BCUT2D eigenvalue weighted by Crippen LogP contribution is -2.51. The summed E-state index contributed by atoms with van der Waals surface area (Å²) in [6, 6.07) is 11.1. The van der Waals surface area contributed by atoms with Gasteiger partial charge >= 0.3 is 5.97 Å². The zero-order valence-electron chi connectivity index (χ0n) is 23.4. The van der Waals surface area contributed by atoms with Crippen molar-refractivity contribution in [1.82, 2.24) is 18.9 Å². The third kappa shape index (κ3) is 4.62. The van der Waals surface area contributed by atoms with Crippen LogP contribution < -0.4 is 5.32 Å². The maximum atomic E-state index is 16.1. The lowest BCUT2D eigenvalue weighted by molar-refractivity contribution is -0.148. The van der Waals surface area contributed by atoms with Crippen LogP contribution in [0.15, 0.2) is 70.3 Å². The van der Waals surface area contributed by atoms with E-state index >= 15 is 4.39 Å². The number of hydrogen-bond donors (Lipinski definition) is 2. The largest absolute Gasteiger partial charge is 0.481 e. The van der Waals surface area contributed by atoms with Crippen molar-refractivity contribution in [2.75, 3.05) is 5.32 Å². The summed E-state index contributed by atoms with van der Waals surface area (Å²) in [6.07, 6.45) is 5.83. The van der Waals surface area contributed by atoms with Gasteiger partial charge in [-0.3, -0.25) is 4.79 Å². The van der Waals surface area contributed by atoms with Crippen LogP contribution in [-0.4, -0.2) is 44.5 Å². The first-order chi connectivity index (χ1) is 21.1. The number of hydrogen-bond acceptors (Lipinski definition) is 8. The number of benzene rings is 1. The van der Waals surface area contributed by atoms with E-state index in [0.29, 0.717) is 0 Å². The number of aliphatic carboxylic acids is 1. The number of rotatable bonds is 7. The van der Waals surface area contributed by atoms with E-state index in [1.54, 1.807) is 18.2 Å². The molecule has 0 radical (unpaired) electrons. The van der Waals surface area contributed by atoms with Crippen LogP contribution >= 0.6 is 0 Å². The maximum absolute atomic E-state index is 16.1. The van der Waals surface area contributed by atoms with E-state index in [-0.39, 0.29) is 56.4 Å². The van der Waals surface area contributed by atoms with Crippen molar-refractivity contribution in [3.63, 3.8) is 0 Å². The number of aromatic nitrogens is 4. The van der Waals surface area contributed by atoms with Crippen molar-refractivity contribution < 1.29 is 31.5 Å². The summed E-state index contributed by atoms with van der Waals surface area (Å²) in [7, 11) is -4.24. The number of carbonyl (C=O) groups is 1. The van der Waals surface area contributed by atoms with Gasteiger partial charge in [0.2, 0.25) is 5.95 Å². The zero-order chi connectivity index (χ0) is 30.7. The Kier molecular flexibility index (Phi) is 6.72. The van der Waals surface area contributed by atoms with E-state index in [0.717, 1.165) is 41.3 Å². The molecule has 5 aromatic rings. The summed E-state index contributed by atoms with van der Waals surface area (Å²) < 4.78 is 64.3. The third-order valence-electron chi connectivity index (χ3n) is 8.82. The summed E-state index contributed by atoms with van der Waals surface area (Å²) in [5.41, 5.74) is 0.609. The van der Waals surface area contributed by atoms with Crippen molar-refractivity contribution in [3.05, 3.63) is 78.3 Å². The smallest absolute Gasteiger partial charge is 0.308 e. The second kappa shape index (κ2) is 10.5. The third-order valence-corrected chi connectivity index (χ3v) is 10.5. The predicted molar refractivity (Wildman–Crippen MR) is 156 cm³/mol. The Bertz CT molecular complexity index is 2000. The highest BCUT2D eigenvalue weighted by molar-refractivity contribution is 7.90. The Hall–Kier alpha value is -4.65. The molecule has 3 fully saturated rings. The summed E-state index contributed by atoms with van der Waals surface area (Å²) >= 11 is 0. The topological polar surface area (TPSA) is 140 Å². The molecule has 2 atom stereocenters. The zero-order valence-corrected chi connectivity index (χ0v) is 24.3. The van der Waals surface area contributed by atoms with Crippen LogP contribution in [0, 0.1) is 36.4 Å². The highest BCUT2D eigenvalue weighted by Crippen LogP contribution is 2.47. The van der Waals surface area contributed by atoms with Crippen LogP contribution in [0.1, 0.15) is 31.2 Å². The molecule has 3 aliphatic rings. The molecule has 2 bridgehead atoms. The molecule has 8 rings (SSSR count). The van der Waals surface area contributed by atoms with Gasteiger partial charge < -0.3 is 14.8 Å². The van der Waals surface area contributed by atoms with Gasteiger partial charge in [-0.15, -0.1) is 0 Å². The number of aryl methyl sites for hydroxylation is 1. The highest BCUT2D eigenvalue weighted by Gasteiger charge is 2.47. The van der Waals surface area contributed by atoms with E-state index in [9.17, 15) is 22.7 Å². The molecule has 3 saturated carbocycles. The molecule has 0 amide bonds. The van der Waals surface area contributed by atoms with Gasteiger partial charge in [0.05, 0.1) is 17.1 Å². The molecular formula is C31H27F2N5O5S. The molecule has 44 heavy (non-hydrogen) atoms. The fourth-order valence-electron chi connectivity index (χ4n) is 6.65. The molecule has 226 valence electrons. The fraction of sp³-hybridized carbons (Fsp3) is 0.290. The lowest BCUT2D eigenvalue weighted by Gasteiger charge is -2.47. The maximum Gasteiger partial charge on any atom is 0.308 e. The first-order valence-electron chi connectivity index (χ1n) is 14.2. The number of carboxylic acids is 1. The van der Waals surface area contributed by atoms with Gasteiger partial charge in [-0.2, -0.15) is 4.39 Å². The minimum Gasteiger partial charge on any atom is -0.481 e. The van der Waals surface area contributed by atoms with Crippen LogP contribution in [-0.2, 0) is 14.8 Å². The minimum absolute atomic E-state index is 0.0136. The highest BCUT2D eigenvalue weighted by atomic mass is 32.2. The monoisotopic (exact) mass is 619 g/mol. The predicted octanol–water partition coefficient (Wildman–Crippen LogP) is 5.88. The number of furan rings is 1. The summed E-state index contributed by atoms with van der Waals surface area (Å²) in [4.78, 5) is 25.0. The fourth-order valence-corrected chi connectivity index (χ4v) is 7.96. The standard InChI is InChI=1S/C31H27F2N5O5S/c1-16-4-10-19(11-5-16)44(41,42)38-15-21(20-12-13-23(32)34-30(20)38)28-36-27(22-3-2-14-43-22)25(33)29(37-28)35-26-18-8-6-17(7-9-18)24(26)31(39)40/h2-5,10-15,17-18,24,26H,6-9H2,1H3,(H,39,40)(H,35,36,37). The second-order valence-corrected chi connectivity index (χ2v) is 13.2. The molecule has 4 heterocycles. The van der Waals surface area contributed by atoms with Crippen LogP contribution in [0.4, 0.5) is 14.6 Å². The Morgan fingerprint density at radius 2 is 1.73 bits per heavy atom. The molecule has 13 heteroatoms. The Morgan fingerprint density at radius 1 is 1.00 bits per heavy atom. The van der Waals surface area contributed by atoms with Gasteiger partial charge in [-0.25, -0.2) is 31.7 Å². The van der Waals surface area contributed by atoms with E-state index in [4.69, 9.17) is 4.42 Å². The average Bonchev–Trinajstić information content (AvgIpc) is 3.68. The lowest BCUT2D eigenvalue weighted by atomic mass is 9.61. The minimum atomic E-state index is -4.24. The molecule has 0 spiro atoms.